The van der Waals surface area contributed by atoms with Crippen LogP contribution in [0.15, 0.2) is 6.33 Å². The number of terminal acetylenes is 1. The number of imidazole rings is 1. The van der Waals surface area contributed by atoms with E-state index in [1.807, 2.05) is 0 Å². The molecule has 178 valence electrons. The molecule has 0 bridgehead atoms. The Kier molecular flexibility index (Phi) is 7.13. The zero-order chi connectivity index (χ0) is 23.4. The number of aromatic nitrogens is 4. The van der Waals surface area contributed by atoms with Crippen LogP contribution < -0.4 is 5.73 Å². The Bertz CT molecular complexity index is 1030. The van der Waals surface area contributed by atoms with Gasteiger partial charge in [-0.25, -0.2) is 4.98 Å². The van der Waals surface area contributed by atoms with Gasteiger partial charge in [0.05, 0.1) is 12.2 Å². The molecule has 0 aromatic carbocycles. The summed E-state index contributed by atoms with van der Waals surface area (Å²) in [5.74, 6) is 3.10. The molecule has 2 N–H and O–H groups in total. The number of halogens is 1. The number of carbonyl (C=O) groups is 1. The second kappa shape index (κ2) is 10.0. The second-order valence-corrected chi connectivity index (χ2v) is 9.27. The maximum Gasteiger partial charge on any atom is 0.312 e. The van der Waals surface area contributed by atoms with Crippen LogP contribution in [0.3, 0.4) is 0 Å². The number of unbranched alkanes of at least 4 members (excludes halogenated alkanes) is 2. The van der Waals surface area contributed by atoms with E-state index in [1.165, 1.54) is 32.0 Å². The third-order valence-electron chi connectivity index (χ3n) is 6.99. The first-order valence-electron chi connectivity index (χ1n) is 11.9. The summed E-state index contributed by atoms with van der Waals surface area (Å²) in [5, 5.41) is 0. The summed E-state index contributed by atoms with van der Waals surface area (Å²) in [5.41, 5.74) is 5.25. The molecule has 1 aliphatic heterocycles. The number of hydrogen-bond donors (Lipinski definition) is 1. The second-order valence-electron chi connectivity index (χ2n) is 9.27. The van der Waals surface area contributed by atoms with E-state index in [2.05, 4.69) is 27.8 Å². The predicted octanol–water partition coefficient (Wildman–Crippen LogP) is 4.16. The summed E-state index contributed by atoms with van der Waals surface area (Å²) in [6, 6.07) is 0. The van der Waals surface area contributed by atoms with Crippen LogP contribution in [0.4, 0.5) is 10.2 Å². The molecular formula is C24H32FN5O3. The van der Waals surface area contributed by atoms with Crippen LogP contribution in [0.1, 0.15) is 77.4 Å². The SMILES string of the molecule is C#C[C@@]1(COC(=O)C2CCC(CCCCC)CC2)CC[C@H](n2cnc3c(N)nc(F)nc32)O1. The molecule has 1 saturated heterocycles. The lowest BCUT2D eigenvalue weighted by atomic mass is 9.80. The normalized spacial score (nSPS) is 27.5. The van der Waals surface area contributed by atoms with Gasteiger partial charge in [-0.3, -0.25) is 9.36 Å². The van der Waals surface area contributed by atoms with Crippen LogP contribution in [0.5, 0.6) is 0 Å². The minimum absolute atomic E-state index is 0.00657. The molecule has 2 fully saturated rings. The molecule has 0 spiro atoms. The fraction of sp³-hybridized carbons (Fsp3) is 0.667. The standard InChI is InChI=1S/C24H32FN5O3/c1-3-5-6-7-16-8-10-17(11-9-16)22(31)32-14-24(4-2)13-12-18(33-24)30-15-27-19-20(26)28-23(25)29-21(19)30/h2,15-18H,3,5-14H2,1H3,(H2,26,28,29)/t16?,17?,18-,24+/m1/s1. The van der Waals surface area contributed by atoms with E-state index in [9.17, 15) is 9.18 Å². The number of nitrogen functional groups attached to an aromatic ring is 1. The van der Waals surface area contributed by atoms with Crippen LogP contribution >= 0.6 is 0 Å². The van der Waals surface area contributed by atoms with Crippen molar-refractivity contribution in [2.75, 3.05) is 12.3 Å². The minimum Gasteiger partial charge on any atom is -0.461 e. The Hall–Kier alpha value is -2.73. The van der Waals surface area contributed by atoms with E-state index in [0.717, 1.165) is 31.6 Å². The summed E-state index contributed by atoms with van der Waals surface area (Å²) in [7, 11) is 0. The highest BCUT2D eigenvalue weighted by Crippen LogP contribution is 2.38. The smallest absolute Gasteiger partial charge is 0.312 e. The molecule has 4 rings (SSSR count). The summed E-state index contributed by atoms with van der Waals surface area (Å²) in [4.78, 5) is 24.2. The molecule has 2 atom stereocenters. The summed E-state index contributed by atoms with van der Waals surface area (Å²) < 4.78 is 27.0. The van der Waals surface area contributed by atoms with E-state index in [4.69, 9.17) is 21.6 Å². The van der Waals surface area contributed by atoms with Crippen molar-refractivity contribution in [1.29, 1.82) is 0 Å². The number of hydrogen-bond acceptors (Lipinski definition) is 7. The van der Waals surface area contributed by atoms with Crippen molar-refractivity contribution in [2.24, 2.45) is 11.8 Å². The molecule has 0 unspecified atom stereocenters. The zero-order valence-corrected chi connectivity index (χ0v) is 19.1. The molecule has 9 heteroatoms. The van der Waals surface area contributed by atoms with Crippen LogP contribution in [-0.4, -0.2) is 37.7 Å². The van der Waals surface area contributed by atoms with Gasteiger partial charge >= 0.3 is 12.0 Å². The van der Waals surface area contributed by atoms with Crippen LogP contribution in [0.2, 0.25) is 0 Å². The van der Waals surface area contributed by atoms with Crippen LogP contribution in [0.25, 0.3) is 11.2 Å². The first-order valence-corrected chi connectivity index (χ1v) is 11.9. The number of ether oxygens (including phenoxy) is 2. The van der Waals surface area contributed by atoms with Gasteiger partial charge in [-0.15, -0.1) is 6.42 Å². The average molecular weight is 458 g/mol. The Labute approximate surface area is 193 Å². The summed E-state index contributed by atoms with van der Waals surface area (Å²) in [6.07, 6.45) is 15.8. The van der Waals surface area contributed by atoms with E-state index < -0.39 is 17.9 Å². The number of rotatable bonds is 8. The maximum absolute atomic E-state index is 13.7. The highest BCUT2D eigenvalue weighted by Gasteiger charge is 2.42. The fourth-order valence-corrected chi connectivity index (χ4v) is 4.98. The monoisotopic (exact) mass is 457 g/mol. The molecule has 0 radical (unpaired) electrons. The van der Waals surface area contributed by atoms with Gasteiger partial charge in [0, 0.05) is 0 Å². The Morgan fingerprint density at radius 3 is 2.85 bits per heavy atom. The lowest BCUT2D eigenvalue weighted by molar-refractivity contribution is -0.158. The van der Waals surface area contributed by atoms with Crippen molar-refractivity contribution < 1.29 is 18.7 Å². The number of nitrogens with zero attached hydrogens (tertiary/aromatic N) is 4. The summed E-state index contributed by atoms with van der Waals surface area (Å²) >= 11 is 0. The molecule has 2 aromatic heterocycles. The zero-order valence-electron chi connectivity index (χ0n) is 19.1. The van der Waals surface area contributed by atoms with E-state index in [0.29, 0.717) is 18.4 Å². The molecule has 2 aromatic rings. The van der Waals surface area contributed by atoms with E-state index in [-0.39, 0.29) is 30.0 Å². The molecule has 8 nitrogen and oxygen atoms in total. The van der Waals surface area contributed by atoms with Gasteiger partial charge in [-0.05, 0) is 44.4 Å². The fourth-order valence-electron chi connectivity index (χ4n) is 4.98. The largest absolute Gasteiger partial charge is 0.461 e. The highest BCUT2D eigenvalue weighted by atomic mass is 19.1. The van der Waals surface area contributed by atoms with Gasteiger partial charge in [-0.2, -0.15) is 14.4 Å². The van der Waals surface area contributed by atoms with Crippen molar-refractivity contribution in [2.45, 2.75) is 83.0 Å². The maximum atomic E-state index is 13.7. The molecule has 2 aliphatic rings. The number of esters is 1. The summed E-state index contributed by atoms with van der Waals surface area (Å²) in [6.45, 7) is 2.21. The topological polar surface area (TPSA) is 105 Å². The van der Waals surface area contributed by atoms with Gasteiger partial charge in [0.2, 0.25) is 0 Å². The molecular weight excluding hydrogens is 425 g/mol. The van der Waals surface area contributed by atoms with Gasteiger partial charge in [0.25, 0.3) is 0 Å². The first kappa shape index (κ1) is 23.4. The van der Waals surface area contributed by atoms with Crippen molar-refractivity contribution in [1.82, 2.24) is 19.5 Å². The Morgan fingerprint density at radius 2 is 2.12 bits per heavy atom. The molecule has 0 amide bonds. The third kappa shape index (κ3) is 5.11. The lowest BCUT2D eigenvalue weighted by Crippen LogP contribution is -2.35. The van der Waals surface area contributed by atoms with Crippen molar-refractivity contribution in [3.05, 3.63) is 12.4 Å². The molecule has 33 heavy (non-hydrogen) atoms. The molecule has 1 saturated carbocycles. The average Bonchev–Trinajstić information content (AvgIpc) is 3.43. The predicted molar refractivity (Wildman–Crippen MR) is 121 cm³/mol. The number of carbonyl (C=O) groups excluding carboxylic acids is 1. The Morgan fingerprint density at radius 1 is 1.33 bits per heavy atom. The van der Waals surface area contributed by atoms with Crippen LogP contribution in [0, 0.1) is 30.3 Å². The van der Waals surface area contributed by atoms with E-state index >= 15 is 0 Å². The third-order valence-corrected chi connectivity index (χ3v) is 6.99. The van der Waals surface area contributed by atoms with E-state index in [1.54, 1.807) is 4.57 Å². The van der Waals surface area contributed by atoms with Crippen molar-refractivity contribution in [3.63, 3.8) is 0 Å². The van der Waals surface area contributed by atoms with Gasteiger partial charge in [-0.1, -0.05) is 38.5 Å². The van der Waals surface area contributed by atoms with Crippen molar-refractivity contribution in [3.8, 4) is 12.3 Å². The van der Waals surface area contributed by atoms with Crippen LogP contribution in [-0.2, 0) is 14.3 Å². The van der Waals surface area contributed by atoms with Gasteiger partial charge < -0.3 is 15.2 Å². The quantitative estimate of drug-likeness (QED) is 0.275. The van der Waals surface area contributed by atoms with Gasteiger partial charge in [0.15, 0.2) is 22.6 Å². The molecule has 3 heterocycles. The molecule has 1 aliphatic carbocycles. The first-order chi connectivity index (χ1) is 15.9. The minimum atomic E-state index is -1.04. The van der Waals surface area contributed by atoms with Gasteiger partial charge in [0.1, 0.15) is 12.8 Å². The highest BCUT2D eigenvalue weighted by molar-refractivity contribution is 5.81. The van der Waals surface area contributed by atoms with Crippen molar-refractivity contribution >= 4 is 23.0 Å². The Balaban J connectivity index is 1.33. The number of nitrogens with two attached hydrogens (primary N) is 1. The lowest BCUT2D eigenvalue weighted by Gasteiger charge is -2.29. The number of fused-ring (bicyclic) bond motifs is 1. The number of anilines is 1.